The largest absolute Gasteiger partial charge is 0.328 e. The summed E-state index contributed by atoms with van der Waals surface area (Å²) in [5.41, 5.74) is 0.467. The number of rotatable bonds is 4. The second-order valence-electron chi connectivity index (χ2n) is 4.00. The minimum atomic E-state index is -3.53. The number of carbonyl (C=O) groups excluding carboxylic acids is 1. The molecule has 0 heterocycles. The molecule has 0 radical (unpaired) electrons. The Labute approximate surface area is 117 Å². The summed E-state index contributed by atoms with van der Waals surface area (Å²) in [6, 6.07) is 16.6. The molecule has 0 aliphatic rings. The molecule has 5 heteroatoms. The van der Waals surface area contributed by atoms with E-state index in [2.05, 4.69) is 5.32 Å². The molecular formula is C15H13NO3S. The first-order valence-electron chi connectivity index (χ1n) is 5.92. The summed E-state index contributed by atoms with van der Waals surface area (Å²) in [6.07, 6.45) is 1.14. The Morgan fingerprint density at radius 3 is 2.05 bits per heavy atom. The van der Waals surface area contributed by atoms with Gasteiger partial charge in [-0.15, -0.1) is 0 Å². The van der Waals surface area contributed by atoms with E-state index in [4.69, 9.17) is 0 Å². The lowest BCUT2D eigenvalue weighted by atomic mass is 10.2. The quantitative estimate of drug-likeness (QED) is 0.939. The maximum atomic E-state index is 11.9. The van der Waals surface area contributed by atoms with Crippen LogP contribution in [0.3, 0.4) is 0 Å². The zero-order valence-electron chi connectivity index (χ0n) is 10.6. The first kappa shape index (κ1) is 14.0. The Bertz CT molecular complexity index is 707. The van der Waals surface area contributed by atoms with Gasteiger partial charge in [-0.05, 0) is 24.3 Å². The lowest BCUT2D eigenvalue weighted by Gasteiger charge is -2.00. The molecule has 1 amide bonds. The van der Waals surface area contributed by atoms with E-state index in [-0.39, 0.29) is 10.8 Å². The van der Waals surface area contributed by atoms with Crippen LogP contribution in [0.4, 0.5) is 0 Å². The second-order valence-corrected chi connectivity index (χ2v) is 5.83. The zero-order chi connectivity index (χ0) is 14.4. The number of carbonyl (C=O) groups is 1. The van der Waals surface area contributed by atoms with Gasteiger partial charge in [0, 0.05) is 11.8 Å². The van der Waals surface area contributed by atoms with Crippen molar-refractivity contribution in [2.75, 3.05) is 0 Å². The molecule has 2 rings (SSSR count). The molecule has 0 aliphatic heterocycles. The normalized spacial score (nSPS) is 11.4. The SMILES string of the molecule is O=C(NC=CS(=O)(=O)c1ccccc1)c1ccccc1. The predicted octanol–water partition coefficient (Wildman–Crippen LogP) is 2.36. The van der Waals surface area contributed by atoms with E-state index in [1.807, 2.05) is 0 Å². The molecule has 0 saturated heterocycles. The third kappa shape index (κ3) is 3.55. The molecule has 102 valence electrons. The van der Waals surface area contributed by atoms with E-state index in [1.165, 1.54) is 12.1 Å². The third-order valence-corrected chi connectivity index (χ3v) is 3.99. The van der Waals surface area contributed by atoms with Crippen molar-refractivity contribution in [3.05, 3.63) is 77.8 Å². The van der Waals surface area contributed by atoms with E-state index < -0.39 is 9.84 Å². The van der Waals surface area contributed by atoms with Crippen molar-refractivity contribution in [2.45, 2.75) is 4.90 Å². The highest BCUT2D eigenvalue weighted by Gasteiger charge is 2.09. The first-order chi connectivity index (χ1) is 9.59. The average Bonchev–Trinajstić information content (AvgIpc) is 2.49. The smallest absolute Gasteiger partial charge is 0.255 e. The number of amides is 1. The van der Waals surface area contributed by atoms with Crippen molar-refractivity contribution in [1.29, 1.82) is 0 Å². The molecule has 0 aliphatic carbocycles. The molecule has 0 aromatic heterocycles. The van der Waals surface area contributed by atoms with Gasteiger partial charge >= 0.3 is 0 Å². The van der Waals surface area contributed by atoms with Gasteiger partial charge in [-0.25, -0.2) is 8.42 Å². The zero-order valence-corrected chi connectivity index (χ0v) is 11.4. The molecule has 0 spiro atoms. The van der Waals surface area contributed by atoms with Crippen molar-refractivity contribution < 1.29 is 13.2 Å². The molecule has 0 fully saturated rings. The highest BCUT2D eigenvalue weighted by Crippen LogP contribution is 2.10. The Hall–Kier alpha value is -2.40. The van der Waals surface area contributed by atoms with Gasteiger partial charge in [-0.1, -0.05) is 36.4 Å². The van der Waals surface area contributed by atoms with E-state index in [0.717, 1.165) is 11.6 Å². The lowest BCUT2D eigenvalue weighted by molar-refractivity contribution is 0.0970. The summed E-state index contributed by atoms with van der Waals surface area (Å²) in [4.78, 5) is 11.9. The number of hydrogen-bond acceptors (Lipinski definition) is 3. The summed E-state index contributed by atoms with van der Waals surface area (Å²) >= 11 is 0. The van der Waals surface area contributed by atoms with Gasteiger partial charge in [0.25, 0.3) is 5.91 Å². The van der Waals surface area contributed by atoms with Gasteiger partial charge < -0.3 is 5.32 Å². The minimum Gasteiger partial charge on any atom is -0.328 e. The fourth-order valence-electron chi connectivity index (χ4n) is 1.56. The second kappa shape index (κ2) is 6.16. The van der Waals surface area contributed by atoms with Gasteiger partial charge in [0.2, 0.25) is 9.84 Å². The Kier molecular flexibility index (Phi) is 4.32. The summed E-state index contributed by atoms with van der Waals surface area (Å²) in [7, 11) is -3.53. The van der Waals surface area contributed by atoms with Crippen LogP contribution in [0.25, 0.3) is 0 Å². The molecule has 0 unspecified atom stereocenters. The van der Waals surface area contributed by atoms with E-state index in [0.29, 0.717) is 5.56 Å². The summed E-state index contributed by atoms with van der Waals surface area (Å²) in [6.45, 7) is 0. The van der Waals surface area contributed by atoms with Gasteiger partial charge in [0.05, 0.1) is 10.3 Å². The van der Waals surface area contributed by atoms with E-state index in [1.54, 1.807) is 48.5 Å². The highest BCUT2D eigenvalue weighted by atomic mass is 32.2. The van der Waals surface area contributed by atoms with Gasteiger partial charge in [0.15, 0.2) is 0 Å². The van der Waals surface area contributed by atoms with Crippen molar-refractivity contribution in [1.82, 2.24) is 5.32 Å². The van der Waals surface area contributed by atoms with Crippen molar-refractivity contribution >= 4 is 15.7 Å². The lowest BCUT2D eigenvalue weighted by Crippen LogP contribution is -2.17. The summed E-state index contributed by atoms with van der Waals surface area (Å²) in [5.74, 6) is -0.356. The monoisotopic (exact) mass is 287 g/mol. The van der Waals surface area contributed by atoms with Crippen LogP contribution in [0.2, 0.25) is 0 Å². The van der Waals surface area contributed by atoms with Crippen LogP contribution < -0.4 is 5.32 Å². The molecule has 0 atom stereocenters. The van der Waals surface area contributed by atoms with E-state index in [9.17, 15) is 13.2 Å². The minimum absolute atomic E-state index is 0.185. The topological polar surface area (TPSA) is 63.2 Å². The Morgan fingerprint density at radius 1 is 0.900 bits per heavy atom. The molecule has 0 bridgehead atoms. The number of sulfone groups is 1. The number of nitrogens with one attached hydrogen (secondary N) is 1. The molecule has 0 saturated carbocycles. The fraction of sp³-hybridized carbons (Fsp3) is 0. The maximum Gasteiger partial charge on any atom is 0.255 e. The van der Waals surface area contributed by atoms with Crippen LogP contribution in [0, 0.1) is 0 Å². The standard InChI is InChI=1S/C15H13NO3S/c17-15(13-7-3-1-4-8-13)16-11-12-20(18,19)14-9-5-2-6-10-14/h1-12H,(H,16,17). The van der Waals surface area contributed by atoms with Gasteiger partial charge in [-0.3, -0.25) is 4.79 Å². The Balaban J connectivity index is 2.06. The van der Waals surface area contributed by atoms with Crippen molar-refractivity contribution in [3.63, 3.8) is 0 Å². The molecule has 20 heavy (non-hydrogen) atoms. The average molecular weight is 287 g/mol. The highest BCUT2D eigenvalue weighted by molar-refractivity contribution is 7.94. The third-order valence-electron chi connectivity index (χ3n) is 2.57. The predicted molar refractivity (Wildman–Crippen MR) is 76.7 cm³/mol. The van der Waals surface area contributed by atoms with Gasteiger partial charge in [-0.2, -0.15) is 0 Å². The van der Waals surface area contributed by atoms with Crippen LogP contribution >= 0.6 is 0 Å². The number of benzene rings is 2. The fourth-order valence-corrected chi connectivity index (χ4v) is 2.50. The van der Waals surface area contributed by atoms with Crippen LogP contribution in [-0.2, 0) is 9.84 Å². The molecule has 2 aromatic carbocycles. The van der Waals surface area contributed by atoms with Crippen LogP contribution in [0.1, 0.15) is 10.4 Å². The van der Waals surface area contributed by atoms with Crippen molar-refractivity contribution in [3.8, 4) is 0 Å². The number of hydrogen-bond donors (Lipinski definition) is 1. The Morgan fingerprint density at radius 2 is 1.45 bits per heavy atom. The van der Waals surface area contributed by atoms with Crippen LogP contribution in [0.15, 0.2) is 77.2 Å². The summed E-state index contributed by atoms with van der Waals surface area (Å²) in [5, 5.41) is 3.40. The molecule has 4 nitrogen and oxygen atoms in total. The molecule has 1 N–H and O–H groups in total. The van der Waals surface area contributed by atoms with Crippen LogP contribution in [0.5, 0.6) is 0 Å². The van der Waals surface area contributed by atoms with Crippen molar-refractivity contribution in [2.24, 2.45) is 0 Å². The first-order valence-corrected chi connectivity index (χ1v) is 7.47. The summed E-state index contributed by atoms with van der Waals surface area (Å²) < 4.78 is 23.8. The van der Waals surface area contributed by atoms with Gasteiger partial charge in [0.1, 0.15) is 0 Å². The molecule has 2 aromatic rings. The molecular weight excluding hydrogens is 274 g/mol. The maximum absolute atomic E-state index is 11.9. The van der Waals surface area contributed by atoms with E-state index >= 15 is 0 Å². The van der Waals surface area contributed by atoms with Crippen LogP contribution in [-0.4, -0.2) is 14.3 Å².